The fraction of sp³-hybridized carbons (Fsp3) is 0.200. The van der Waals surface area contributed by atoms with Crippen LogP contribution in [-0.2, 0) is 4.79 Å². The molecule has 0 unspecified atom stereocenters. The zero-order valence-electron chi connectivity index (χ0n) is 7.87. The molecule has 0 aromatic heterocycles. The molecule has 1 aromatic carbocycles. The molecule has 0 atom stereocenters. The van der Waals surface area contributed by atoms with Crippen LogP contribution in [0.1, 0.15) is 0 Å². The first-order valence-corrected chi connectivity index (χ1v) is 5.45. The summed E-state index contributed by atoms with van der Waals surface area (Å²) in [6, 6.07) is 6.55. The minimum Gasteiger partial charge on any atom is -0.312 e. The van der Waals surface area contributed by atoms with Crippen LogP contribution in [0.2, 0.25) is 0 Å². The zero-order valence-corrected chi connectivity index (χ0v) is 8.68. The van der Waals surface area contributed by atoms with E-state index in [1.807, 2.05) is 0 Å². The standard InChI is InChI=1S/C10H9FN2OS/c11-7-3-1-2-4-8(7)15-6-9-12-5-10(14)13-9/h1-4H,5-6H2,(H,12,13,14). The Kier molecular flexibility index (Phi) is 3.01. The second kappa shape index (κ2) is 4.44. The predicted octanol–water partition coefficient (Wildman–Crippen LogP) is 1.45. The average Bonchev–Trinajstić information content (AvgIpc) is 2.63. The van der Waals surface area contributed by atoms with Crippen LogP contribution in [0.5, 0.6) is 0 Å². The van der Waals surface area contributed by atoms with Gasteiger partial charge in [-0.1, -0.05) is 12.1 Å². The van der Waals surface area contributed by atoms with Crippen molar-refractivity contribution in [3.8, 4) is 0 Å². The van der Waals surface area contributed by atoms with Gasteiger partial charge in [0.15, 0.2) is 0 Å². The van der Waals surface area contributed by atoms with Gasteiger partial charge in [0, 0.05) is 4.90 Å². The van der Waals surface area contributed by atoms with E-state index in [0.29, 0.717) is 16.5 Å². The molecule has 0 fully saturated rings. The van der Waals surface area contributed by atoms with E-state index in [9.17, 15) is 9.18 Å². The zero-order chi connectivity index (χ0) is 10.7. The monoisotopic (exact) mass is 224 g/mol. The number of aliphatic imine (C=N–C) groups is 1. The van der Waals surface area contributed by atoms with Crippen molar-refractivity contribution in [1.29, 1.82) is 0 Å². The molecule has 1 aromatic rings. The number of amides is 1. The van der Waals surface area contributed by atoms with Gasteiger partial charge in [0.1, 0.15) is 18.2 Å². The van der Waals surface area contributed by atoms with E-state index < -0.39 is 0 Å². The SMILES string of the molecule is O=C1CN=C(CSc2ccccc2F)N1. The molecule has 1 aliphatic heterocycles. The molecular formula is C10H9FN2OS. The predicted molar refractivity (Wildman–Crippen MR) is 57.6 cm³/mol. The minimum atomic E-state index is -0.243. The molecule has 1 aliphatic rings. The summed E-state index contributed by atoms with van der Waals surface area (Å²) in [5, 5.41) is 2.61. The van der Waals surface area contributed by atoms with Gasteiger partial charge in [0.2, 0.25) is 5.91 Å². The number of benzene rings is 1. The van der Waals surface area contributed by atoms with Crippen molar-refractivity contribution < 1.29 is 9.18 Å². The lowest BCUT2D eigenvalue weighted by Gasteiger charge is -2.02. The summed E-state index contributed by atoms with van der Waals surface area (Å²) in [5.41, 5.74) is 0. The lowest BCUT2D eigenvalue weighted by atomic mass is 10.3. The van der Waals surface area contributed by atoms with Crippen molar-refractivity contribution in [2.75, 3.05) is 12.3 Å². The molecule has 78 valence electrons. The van der Waals surface area contributed by atoms with Gasteiger partial charge >= 0.3 is 0 Å². The third-order valence-electron chi connectivity index (χ3n) is 1.90. The molecule has 2 rings (SSSR count). The van der Waals surface area contributed by atoms with Gasteiger partial charge in [-0.3, -0.25) is 9.79 Å². The average molecular weight is 224 g/mol. The van der Waals surface area contributed by atoms with Gasteiger partial charge in [0.05, 0.1) is 5.75 Å². The lowest BCUT2D eigenvalue weighted by Crippen LogP contribution is -2.25. The van der Waals surface area contributed by atoms with E-state index in [-0.39, 0.29) is 18.3 Å². The Morgan fingerprint density at radius 3 is 2.93 bits per heavy atom. The lowest BCUT2D eigenvalue weighted by molar-refractivity contribution is -0.117. The number of carbonyl (C=O) groups is 1. The molecule has 0 aliphatic carbocycles. The number of carbonyl (C=O) groups excluding carboxylic acids is 1. The summed E-state index contributed by atoms with van der Waals surface area (Å²) in [6.07, 6.45) is 0. The number of nitrogens with one attached hydrogen (secondary N) is 1. The first kappa shape index (κ1) is 10.2. The normalized spacial score (nSPS) is 15.0. The van der Waals surface area contributed by atoms with Gasteiger partial charge in [-0.15, -0.1) is 11.8 Å². The van der Waals surface area contributed by atoms with Gasteiger partial charge < -0.3 is 5.32 Å². The van der Waals surface area contributed by atoms with Crippen LogP contribution in [0.3, 0.4) is 0 Å². The van der Waals surface area contributed by atoms with Crippen LogP contribution >= 0.6 is 11.8 Å². The first-order chi connectivity index (χ1) is 7.25. The van der Waals surface area contributed by atoms with Gasteiger partial charge in [-0.05, 0) is 12.1 Å². The summed E-state index contributed by atoms with van der Waals surface area (Å²) in [6.45, 7) is 0.188. The highest BCUT2D eigenvalue weighted by molar-refractivity contribution is 8.00. The maximum Gasteiger partial charge on any atom is 0.247 e. The first-order valence-electron chi connectivity index (χ1n) is 4.46. The largest absolute Gasteiger partial charge is 0.312 e. The van der Waals surface area contributed by atoms with E-state index in [4.69, 9.17) is 0 Å². The molecular weight excluding hydrogens is 215 g/mol. The van der Waals surface area contributed by atoms with E-state index in [1.165, 1.54) is 17.8 Å². The number of amidine groups is 1. The number of hydrogen-bond donors (Lipinski definition) is 1. The van der Waals surface area contributed by atoms with Gasteiger partial charge in [0.25, 0.3) is 0 Å². The number of rotatable bonds is 3. The Bertz CT molecular complexity index is 420. The summed E-state index contributed by atoms with van der Waals surface area (Å²) < 4.78 is 13.2. The molecule has 1 heterocycles. The minimum absolute atomic E-state index is 0.0980. The molecule has 0 bridgehead atoms. The van der Waals surface area contributed by atoms with Crippen molar-refractivity contribution in [3.05, 3.63) is 30.1 Å². The third kappa shape index (κ3) is 2.56. The number of hydrogen-bond acceptors (Lipinski definition) is 3. The number of nitrogens with zero attached hydrogens (tertiary/aromatic N) is 1. The van der Waals surface area contributed by atoms with Crippen molar-refractivity contribution in [2.45, 2.75) is 4.90 Å². The number of thioether (sulfide) groups is 1. The van der Waals surface area contributed by atoms with Crippen LogP contribution in [0.4, 0.5) is 4.39 Å². The fourth-order valence-electron chi connectivity index (χ4n) is 1.20. The molecule has 3 nitrogen and oxygen atoms in total. The molecule has 1 N–H and O–H groups in total. The maximum atomic E-state index is 13.2. The summed E-state index contributed by atoms with van der Waals surface area (Å²) in [5.74, 6) is 0.770. The molecule has 0 saturated carbocycles. The second-order valence-corrected chi connectivity index (χ2v) is 4.05. The summed E-state index contributed by atoms with van der Waals surface area (Å²) in [7, 11) is 0. The van der Waals surface area contributed by atoms with E-state index in [1.54, 1.807) is 18.2 Å². The van der Waals surface area contributed by atoms with Crippen LogP contribution in [0, 0.1) is 5.82 Å². The Morgan fingerprint density at radius 1 is 1.47 bits per heavy atom. The molecule has 5 heteroatoms. The van der Waals surface area contributed by atoms with Gasteiger partial charge in [-0.2, -0.15) is 0 Å². The van der Waals surface area contributed by atoms with Crippen molar-refractivity contribution >= 4 is 23.5 Å². The third-order valence-corrected chi connectivity index (χ3v) is 2.96. The topological polar surface area (TPSA) is 41.5 Å². The highest BCUT2D eigenvalue weighted by Gasteiger charge is 2.13. The Balaban J connectivity index is 1.94. The Hall–Kier alpha value is -1.36. The molecule has 0 saturated heterocycles. The fourth-order valence-corrected chi connectivity index (χ4v) is 2.03. The highest BCUT2D eigenvalue weighted by atomic mass is 32.2. The maximum absolute atomic E-state index is 13.2. The van der Waals surface area contributed by atoms with Crippen molar-refractivity contribution in [3.63, 3.8) is 0 Å². The smallest absolute Gasteiger partial charge is 0.247 e. The van der Waals surface area contributed by atoms with E-state index >= 15 is 0 Å². The van der Waals surface area contributed by atoms with Crippen LogP contribution < -0.4 is 5.32 Å². The number of halogens is 1. The highest BCUT2D eigenvalue weighted by Crippen LogP contribution is 2.21. The molecule has 0 radical (unpaired) electrons. The van der Waals surface area contributed by atoms with Crippen molar-refractivity contribution in [2.24, 2.45) is 4.99 Å². The Morgan fingerprint density at radius 2 is 2.27 bits per heavy atom. The molecule has 1 amide bonds. The molecule has 0 spiro atoms. The summed E-state index contributed by atoms with van der Waals surface area (Å²) >= 11 is 1.33. The van der Waals surface area contributed by atoms with Crippen LogP contribution in [0.25, 0.3) is 0 Å². The quantitative estimate of drug-likeness (QED) is 0.789. The molecule has 15 heavy (non-hydrogen) atoms. The van der Waals surface area contributed by atoms with E-state index in [2.05, 4.69) is 10.3 Å². The van der Waals surface area contributed by atoms with Gasteiger partial charge in [-0.25, -0.2) is 4.39 Å². The Labute approximate surface area is 90.8 Å². The van der Waals surface area contributed by atoms with Crippen molar-refractivity contribution in [1.82, 2.24) is 5.32 Å². The van der Waals surface area contributed by atoms with Crippen LogP contribution in [0.15, 0.2) is 34.2 Å². The summed E-state index contributed by atoms with van der Waals surface area (Å²) in [4.78, 5) is 15.4. The van der Waals surface area contributed by atoms with E-state index in [0.717, 1.165) is 0 Å². The second-order valence-electron chi connectivity index (χ2n) is 3.03. The van der Waals surface area contributed by atoms with Crippen LogP contribution in [-0.4, -0.2) is 24.0 Å².